The van der Waals surface area contributed by atoms with E-state index in [1.807, 2.05) is 0 Å². The summed E-state index contributed by atoms with van der Waals surface area (Å²) in [6, 6.07) is 46.5. The summed E-state index contributed by atoms with van der Waals surface area (Å²) in [5, 5.41) is 2.63. The lowest BCUT2D eigenvalue weighted by molar-refractivity contribution is 0.954. The number of anilines is 3. The van der Waals surface area contributed by atoms with E-state index in [9.17, 15) is 0 Å². The van der Waals surface area contributed by atoms with Crippen LogP contribution < -0.4 is 4.90 Å². The summed E-state index contributed by atoms with van der Waals surface area (Å²) in [7, 11) is 0. The number of imidazole rings is 1. The molecule has 3 nitrogen and oxygen atoms in total. The first-order valence-electron chi connectivity index (χ1n) is 15.4. The summed E-state index contributed by atoms with van der Waals surface area (Å²) in [6.45, 7) is 0. The number of hydrogen-bond donors (Lipinski definition) is 0. The largest absolute Gasteiger partial charge is 0.281 e. The highest BCUT2D eigenvalue weighted by atomic mass is 15.3. The Kier molecular flexibility index (Phi) is 4.83. The van der Waals surface area contributed by atoms with E-state index in [0.29, 0.717) is 0 Å². The zero-order chi connectivity index (χ0) is 28.8. The van der Waals surface area contributed by atoms with Gasteiger partial charge in [-0.15, -0.1) is 0 Å². The third kappa shape index (κ3) is 3.24. The van der Waals surface area contributed by atoms with E-state index in [2.05, 4.69) is 149 Å². The second kappa shape index (κ2) is 8.92. The molecule has 0 N–H and O–H groups in total. The summed E-state index contributed by atoms with van der Waals surface area (Å²) < 4.78 is 2.40. The molecule has 206 valence electrons. The standard InChI is InChI=1S/C41H27N3/c1-2-15-31-30(14-1)34-18-10-12-27-23-28(25-35(31)40(27)34)26-11-9-13-29(24-26)43-37-20-6-3-16-32(37)33-17-4-7-21-38(33)44-39-22-8-5-19-36(39)42-41(43)44/h1-6,8-20,22-25H,7,21H2. The highest BCUT2D eigenvalue weighted by Gasteiger charge is 2.30. The molecule has 0 bridgehead atoms. The molecule has 0 unspecified atom stereocenters. The average molecular weight is 562 g/mol. The van der Waals surface area contributed by atoms with Gasteiger partial charge in [-0.3, -0.25) is 9.47 Å². The fourth-order valence-electron chi connectivity index (χ4n) is 7.63. The molecule has 7 aromatic rings. The predicted molar refractivity (Wildman–Crippen MR) is 183 cm³/mol. The molecule has 2 aliphatic carbocycles. The summed E-state index contributed by atoms with van der Waals surface area (Å²) in [5.41, 5.74) is 15.9. The van der Waals surface area contributed by atoms with Gasteiger partial charge in [-0.1, -0.05) is 97.1 Å². The lowest BCUT2D eigenvalue weighted by Crippen LogP contribution is -2.15. The molecular weight excluding hydrogens is 534 g/mol. The van der Waals surface area contributed by atoms with E-state index in [4.69, 9.17) is 4.98 Å². The van der Waals surface area contributed by atoms with Gasteiger partial charge in [-0.25, -0.2) is 4.98 Å². The number of aromatic nitrogens is 2. The van der Waals surface area contributed by atoms with Crippen LogP contribution in [0.5, 0.6) is 0 Å². The first-order valence-corrected chi connectivity index (χ1v) is 15.4. The molecule has 1 aliphatic heterocycles. The fraction of sp³-hybridized carbons (Fsp3) is 0.0488. The fourth-order valence-corrected chi connectivity index (χ4v) is 7.63. The van der Waals surface area contributed by atoms with E-state index in [0.717, 1.165) is 41.2 Å². The maximum atomic E-state index is 5.29. The Bertz CT molecular complexity index is 2400. The van der Waals surface area contributed by atoms with Crippen LogP contribution in [0, 0.1) is 0 Å². The van der Waals surface area contributed by atoms with Crippen LogP contribution >= 0.6 is 0 Å². The van der Waals surface area contributed by atoms with Crippen molar-refractivity contribution in [2.75, 3.05) is 4.90 Å². The van der Waals surface area contributed by atoms with Gasteiger partial charge in [0, 0.05) is 22.5 Å². The molecule has 44 heavy (non-hydrogen) atoms. The van der Waals surface area contributed by atoms with Gasteiger partial charge in [0.25, 0.3) is 0 Å². The van der Waals surface area contributed by atoms with Gasteiger partial charge in [-0.05, 0) is 99.5 Å². The van der Waals surface area contributed by atoms with Crippen LogP contribution in [0.1, 0.15) is 18.4 Å². The molecule has 0 atom stereocenters. The maximum absolute atomic E-state index is 5.29. The first kappa shape index (κ1) is 23.8. The minimum Gasteiger partial charge on any atom is -0.281 e. The van der Waals surface area contributed by atoms with Crippen LogP contribution in [0.3, 0.4) is 0 Å². The Hall–Kier alpha value is -5.67. The Morgan fingerprint density at radius 1 is 0.591 bits per heavy atom. The van der Waals surface area contributed by atoms with E-state index in [1.54, 1.807) is 0 Å². The van der Waals surface area contributed by atoms with Crippen molar-refractivity contribution in [2.24, 2.45) is 0 Å². The Balaban J connectivity index is 1.21. The minimum absolute atomic E-state index is 0.937. The molecule has 0 fully saturated rings. The van der Waals surface area contributed by atoms with Gasteiger partial charge in [0.1, 0.15) is 0 Å². The molecular formula is C41H27N3. The first-order chi connectivity index (χ1) is 21.8. The number of benzene rings is 6. The van der Waals surface area contributed by atoms with Crippen LogP contribution in [0.2, 0.25) is 0 Å². The van der Waals surface area contributed by atoms with Crippen molar-refractivity contribution in [3.8, 4) is 33.4 Å². The van der Waals surface area contributed by atoms with Crippen molar-refractivity contribution in [1.82, 2.24) is 9.55 Å². The van der Waals surface area contributed by atoms with Crippen LogP contribution in [0.25, 0.3) is 66.5 Å². The molecule has 0 saturated heterocycles. The normalized spacial score (nSPS) is 14.4. The van der Waals surface area contributed by atoms with Gasteiger partial charge < -0.3 is 0 Å². The maximum Gasteiger partial charge on any atom is 0.220 e. The lowest BCUT2D eigenvalue weighted by Gasteiger charge is -2.25. The molecule has 0 saturated carbocycles. The monoisotopic (exact) mass is 561 g/mol. The molecule has 3 heteroatoms. The number of nitrogens with zero attached hydrogens (tertiary/aromatic N) is 3. The molecule has 3 aliphatic rings. The van der Waals surface area contributed by atoms with Gasteiger partial charge in [-0.2, -0.15) is 0 Å². The van der Waals surface area contributed by atoms with Crippen molar-refractivity contribution in [2.45, 2.75) is 12.8 Å². The van der Waals surface area contributed by atoms with Crippen molar-refractivity contribution in [1.29, 1.82) is 0 Å². The van der Waals surface area contributed by atoms with Gasteiger partial charge in [0.15, 0.2) is 0 Å². The second-order valence-electron chi connectivity index (χ2n) is 11.9. The van der Waals surface area contributed by atoms with Gasteiger partial charge in [0.2, 0.25) is 5.95 Å². The topological polar surface area (TPSA) is 21.1 Å². The van der Waals surface area contributed by atoms with Crippen molar-refractivity contribution in [3.05, 3.63) is 145 Å². The Morgan fingerprint density at radius 3 is 2.30 bits per heavy atom. The second-order valence-corrected chi connectivity index (χ2v) is 11.9. The van der Waals surface area contributed by atoms with Crippen molar-refractivity contribution < 1.29 is 0 Å². The van der Waals surface area contributed by atoms with E-state index in [-0.39, 0.29) is 0 Å². The summed E-state index contributed by atoms with van der Waals surface area (Å²) >= 11 is 0. The van der Waals surface area contributed by atoms with E-state index >= 15 is 0 Å². The quantitative estimate of drug-likeness (QED) is 0.209. The zero-order valence-corrected chi connectivity index (χ0v) is 24.0. The van der Waals surface area contributed by atoms with Crippen molar-refractivity contribution >= 4 is 50.4 Å². The molecule has 0 amide bonds. The smallest absolute Gasteiger partial charge is 0.220 e. The van der Waals surface area contributed by atoms with Crippen LogP contribution in [-0.2, 0) is 0 Å². The van der Waals surface area contributed by atoms with Crippen molar-refractivity contribution in [3.63, 3.8) is 0 Å². The highest BCUT2D eigenvalue weighted by Crippen LogP contribution is 2.50. The summed E-state index contributed by atoms with van der Waals surface area (Å²) in [6.07, 6.45) is 6.61. The number of hydrogen-bond acceptors (Lipinski definition) is 2. The molecule has 6 aromatic carbocycles. The van der Waals surface area contributed by atoms with E-state index in [1.165, 1.54) is 61.0 Å². The Labute approximate surface area is 255 Å². The molecule has 0 spiro atoms. The predicted octanol–water partition coefficient (Wildman–Crippen LogP) is 11.0. The van der Waals surface area contributed by atoms with Crippen LogP contribution in [0.4, 0.5) is 17.3 Å². The summed E-state index contributed by atoms with van der Waals surface area (Å²) in [5.74, 6) is 0.937. The number of para-hydroxylation sites is 3. The number of allylic oxidation sites excluding steroid dienone is 4. The van der Waals surface area contributed by atoms with Crippen LogP contribution in [0.15, 0.2) is 140 Å². The zero-order valence-electron chi connectivity index (χ0n) is 24.0. The minimum atomic E-state index is 0.937. The SMILES string of the molecule is C1=CC2=C(CC1)n1c(nc3ccccc31)N(c1cccc(-c3cc4c5c(cccc5c3)-c3ccccc3-4)c1)c1ccccc12. The Morgan fingerprint density at radius 2 is 1.36 bits per heavy atom. The van der Waals surface area contributed by atoms with Gasteiger partial charge in [0.05, 0.1) is 16.7 Å². The third-order valence-electron chi connectivity index (χ3n) is 9.51. The van der Waals surface area contributed by atoms with Gasteiger partial charge >= 0.3 is 0 Å². The van der Waals surface area contributed by atoms with E-state index < -0.39 is 0 Å². The lowest BCUT2D eigenvalue weighted by atomic mass is 9.94. The average Bonchev–Trinajstić information content (AvgIpc) is 3.59. The molecule has 0 radical (unpaired) electrons. The highest BCUT2D eigenvalue weighted by molar-refractivity contribution is 6.16. The molecule has 1 aromatic heterocycles. The summed E-state index contributed by atoms with van der Waals surface area (Å²) in [4.78, 5) is 7.65. The molecule has 10 rings (SSSR count). The third-order valence-corrected chi connectivity index (χ3v) is 9.51. The number of rotatable bonds is 2. The molecule has 2 heterocycles. The number of fused-ring (bicyclic) bond motifs is 9. The van der Waals surface area contributed by atoms with Crippen LogP contribution in [-0.4, -0.2) is 9.55 Å².